The lowest BCUT2D eigenvalue weighted by Crippen LogP contribution is -2.66. The van der Waals surface area contributed by atoms with Gasteiger partial charge in [-0.25, -0.2) is 0 Å². The molecule has 0 aromatic heterocycles. The summed E-state index contributed by atoms with van der Waals surface area (Å²) in [5.74, 6) is -0.276. The number of amides is 1. The van der Waals surface area contributed by atoms with E-state index in [9.17, 15) is 61.0 Å². The monoisotopic (exact) mass is 1510 g/mol. The third kappa shape index (κ3) is 46.4. The second kappa shape index (κ2) is 67.7. The summed E-state index contributed by atoms with van der Waals surface area (Å²) in [5.41, 5.74) is 0. The summed E-state index contributed by atoms with van der Waals surface area (Å²) < 4.78 is 34.5. The zero-order valence-electron chi connectivity index (χ0n) is 67.4. The second-order valence-corrected chi connectivity index (χ2v) is 32.1. The first-order valence-corrected chi connectivity index (χ1v) is 44.6. The number of hydrogen-bond acceptors (Lipinski definition) is 18. The van der Waals surface area contributed by atoms with Crippen LogP contribution >= 0.6 is 0 Å². The van der Waals surface area contributed by atoms with Crippen LogP contribution in [-0.4, -0.2) is 193 Å². The van der Waals surface area contributed by atoms with Crippen molar-refractivity contribution in [3.8, 4) is 0 Å². The van der Waals surface area contributed by atoms with Gasteiger partial charge in [-0.15, -0.1) is 0 Å². The molecule has 17 atom stereocenters. The van der Waals surface area contributed by atoms with E-state index in [1.54, 1.807) is 6.08 Å². The van der Waals surface area contributed by atoms with Crippen molar-refractivity contribution in [1.82, 2.24) is 5.32 Å². The molecular formula is C87H165NO18. The SMILES string of the molecule is CCCCCCCCCCCCCCCCCCCCCCCCC/C=C/CC/C=C/C(O)C(COC1OC(CO)C(OC2OC(CO)C(OC3OC(CO)C(O)C(O)C3O)C(O)C2O)C(O)C1O)NC(=O)CCCCCCCCCCCCCCCCCCCCCCCCCCCCCCCCCC. The zero-order chi connectivity index (χ0) is 76.7. The Bertz CT molecular complexity index is 2000. The topological polar surface area (TPSA) is 307 Å². The van der Waals surface area contributed by atoms with E-state index in [-0.39, 0.29) is 18.9 Å². The fourth-order valence-electron chi connectivity index (χ4n) is 15.4. The Hall–Kier alpha value is -1.73. The highest BCUT2D eigenvalue weighted by atomic mass is 16.8. The van der Waals surface area contributed by atoms with Crippen molar-refractivity contribution in [2.45, 2.75) is 497 Å². The van der Waals surface area contributed by atoms with Crippen LogP contribution in [0.1, 0.15) is 393 Å². The highest BCUT2D eigenvalue weighted by Crippen LogP contribution is 2.34. The second-order valence-electron chi connectivity index (χ2n) is 32.1. The Kier molecular flexibility index (Phi) is 62.9. The molecule has 12 N–H and O–H groups in total. The maximum Gasteiger partial charge on any atom is 0.220 e. The molecule has 0 aromatic rings. The molecule has 0 radical (unpaired) electrons. The maximum absolute atomic E-state index is 13.5. The molecule has 17 unspecified atom stereocenters. The molecule has 19 heteroatoms. The van der Waals surface area contributed by atoms with Gasteiger partial charge < -0.3 is 89.9 Å². The summed E-state index contributed by atoms with van der Waals surface area (Å²) in [5, 5.41) is 121. The number of rotatable bonds is 73. The number of ether oxygens (including phenoxy) is 6. The standard InChI is InChI=1S/C87H165NO18/c1-3-5-7-9-11-13-15-17-19-21-23-25-27-29-31-33-34-35-37-39-41-43-45-47-49-51-53-55-57-59-61-63-65-75(93)88-70(71(92)64-62-60-58-56-54-52-50-48-46-44-42-40-38-36-32-30-28-26-24-22-20-18-16-14-12-10-8-6-4-2)69-101-85-81(99)78(96)83(73(67-90)103-85)106-87-82(100)79(97)84(74(68-91)104-87)105-86-80(98)77(95)76(94)72(66-89)102-86/h54,56,62,64,70-74,76-87,89-92,94-100H,3-53,55,57-61,63,65-69H2,1-2H3,(H,88,93)/b56-54+,64-62+. The van der Waals surface area contributed by atoms with Crippen molar-refractivity contribution in [2.75, 3.05) is 26.4 Å². The van der Waals surface area contributed by atoms with Gasteiger partial charge in [0.25, 0.3) is 0 Å². The van der Waals surface area contributed by atoms with Gasteiger partial charge in [0.2, 0.25) is 5.91 Å². The van der Waals surface area contributed by atoms with Crippen LogP contribution in [0.15, 0.2) is 24.3 Å². The minimum absolute atomic E-state index is 0.241. The van der Waals surface area contributed by atoms with Gasteiger partial charge in [0.15, 0.2) is 18.9 Å². The van der Waals surface area contributed by atoms with Crippen LogP contribution in [0.25, 0.3) is 0 Å². The van der Waals surface area contributed by atoms with E-state index in [4.69, 9.17) is 28.4 Å². The summed E-state index contributed by atoms with van der Waals surface area (Å²) >= 11 is 0. The fraction of sp³-hybridized carbons (Fsp3) is 0.943. The largest absolute Gasteiger partial charge is 0.394 e. The molecule has 3 saturated heterocycles. The van der Waals surface area contributed by atoms with Crippen molar-refractivity contribution in [2.24, 2.45) is 0 Å². The van der Waals surface area contributed by atoms with E-state index < -0.39 is 124 Å². The lowest BCUT2D eigenvalue weighted by Gasteiger charge is -2.48. The van der Waals surface area contributed by atoms with Crippen LogP contribution in [0.2, 0.25) is 0 Å². The number of aliphatic hydroxyl groups is 11. The molecule has 1 amide bonds. The summed E-state index contributed by atoms with van der Waals surface area (Å²) in [4.78, 5) is 13.5. The van der Waals surface area contributed by atoms with E-state index in [1.807, 2.05) is 6.08 Å². The highest BCUT2D eigenvalue weighted by Gasteiger charge is 2.54. The number of carbonyl (C=O) groups is 1. The Morgan fingerprint density at radius 2 is 0.604 bits per heavy atom. The van der Waals surface area contributed by atoms with Crippen LogP contribution in [-0.2, 0) is 33.2 Å². The molecule has 3 rings (SSSR count). The molecule has 0 spiro atoms. The highest BCUT2D eigenvalue weighted by molar-refractivity contribution is 5.76. The van der Waals surface area contributed by atoms with Crippen molar-refractivity contribution < 1.29 is 89.4 Å². The maximum atomic E-state index is 13.5. The number of aliphatic hydroxyl groups excluding tert-OH is 11. The molecular weight excluding hydrogens is 1350 g/mol. The predicted octanol–water partition coefficient (Wildman–Crippen LogP) is 16.5. The van der Waals surface area contributed by atoms with E-state index in [2.05, 4.69) is 31.3 Å². The number of nitrogens with one attached hydrogen (secondary N) is 1. The number of hydrogen-bond donors (Lipinski definition) is 12. The lowest BCUT2D eigenvalue weighted by atomic mass is 9.96. The predicted molar refractivity (Wildman–Crippen MR) is 425 cm³/mol. The summed E-state index contributed by atoms with van der Waals surface area (Å²) in [6.07, 6.45) is 57.7. The molecule has 19 nitrogen and oxygen atoms in total. The van der Waals surface area contributed by atoms with E-state index in [0.29, 0.717) is 12.8 Å². The smallest absolute Gasteiger partial charge is 0.220 e. The van der Waals surface area contributed by atoms with Crippen LogP contribution in [0.3, 0.4) is 0 Å². The molecule has 0 aliphatic carbocycles. The van der Waals surface area contributed by atoms with Gasteiger partial charge in [-0.1, -0.05) is 378 Å². The Balaban J connectivity index is 1.34. The number of allylic oxidation sites excluding steroid dienone is 3. The molecule has 3 fully saturated rings. The summed E-state index contributed by atoms with van der Waals surface area (Å²) in [6.45, 7) is 1.80. The van der Waals surface area contributed by atoms with Gasteiger partial charge in [0.1, 0.15) is 73.2 Å². The van der Waals surface area contributed by atoms with Gasteiger partial charge in [-0.3, -0.25) is 4.79 Å². The minimum Gasteiger partial charge on any atom is -0.394 e. The first-order valence-electron chi connectivity index (χ1n) is 44.6. The molecule has 3 heterocycles. The molecule has 0 aromatic carbocycles. The summed E-state index contributed by atoms with van der Waals surface area (Å²) in [6, 6.07) is -0.989. The first-order chi connectivity index (χ1) is 51.8. The molecule has 3 aliphatic rings. The third-order valence-corrected chi connectivity index (χ3v) is 22.5. The first kappa shape index (κ1) is 98.5. The molecule has 626 valence electrons. The Labute approximate surface area is 645 Å². The molecule has 3 aliphatic heterocycles. The molecule has 106 heavy (non-hydrogen) atoms. The van der Waals surface area contributed by atoms with E-state index in [1.165, 1.54) is 321 Å². The van der Waals surface area contributed by atoms with E-state index in [0.717, 1.165) is 38.5 Å². The zero-order valence-corrected chi connectivity index (χ0v) is 67.4. The van der Waals surface area contributed by atoms with Crippen LogP contribution in [0.5, 0.6) is 0 Å². The van der Waals surface area contributed by atoms with E-state index >= 15 is 0 Å². The van der Waals surface area contributed by atoms with Crippen molar-refractivity contribution in [1.29, 1.82) is 0 Å². The van der Waals surface area contributed by atoms with Crippen molar-refractivity contribution in [3.05, 3.63) is 24.3 Å². The van der Waals surface area contributed by atoms with Gasteiger partial charge in [-0.2, -0.15) is 0 Å². The lowest BCUT2D eigenvalue weighted by molar-refractivity contribution is -0.379. The average Bonchev–Trinajstić information content (AvgIpc) is 0.781. The van der Waals surface area contributed by atoms with Gasteiger partial charge in [0, 0.05) is 6.42 Å². The number of unbranched alkanes of at least 4 members (excludes halogenated alkanes) is 55. The minimum atomic E-state index is -1.98. The Morgan fingerprint density at radius 3 is 0.943 bits per heavy atom. The van der Waals surface area contributed by atoms with Crippen LogP contribution in [0, 0.1) is 0 Å². The molecule has 0 saturated carbocycles. The van der Waals surface area contributed by atoms with Gasteiger partial charge in [0.05, 0.1) is 38.6 Å². The van der Waals surface area contributed by atoms with Gasteiger partial charge >= 0.3 is 0 Å². The number of carbonyl (C=O) groups excluding carboxylic acids is 1. The fourth-order valence-corrected chi connectivity index (χ4v) is 15.4. The third-order valence-electron chi connectivity index (χ3n) is 22.5. The average molecular weight is 1510 g/mol. The quantitative estimate of drug-likeness (QED) is 0.0199. The van der Waals surface area contributed by atoms with Crippen molar-refractivity contribution in [3.63, 3.8) is 0 Å². The molecule has 0 bridgehead atoms. The van der Waals surface area contributed by atoms with Crippen LogP contribution < -0.4 is 5.32 Å². The van der Waals surface area contributed by atoms with Crippen LogP contribution in [0.4, 0.5) is 0 Å². The van der Waals surface area contributed by atoms with Gasteiger partial charge in [-0.05, 0) is 32.1 Å². The normalized spacial score (nSPS) is 25.7. The van der Waals surface area contributed by atoms with Crippen molar-refractivity contribution >= 4 is 5.91 Å². The summed E-state index contributed by atoms with van der Waals surface area (Å²) in [7, 11) is 0. The Morgan fingerprint density at radius 1 is 0.330 bits per heavy atom.